The maximum absolute atomic E-state index is 10.7. The highest BCUT2D eigenvalue weighted by Crippen LogP contribution is 2.37. The third-order valence-corrected chi connectivity index (χ3v) is 4.41. The minimum Gasteiger partial charge on any atom is -0.507 e. The Bertz CT molecular complexity index is 556. The lowest BCUT2D eigenvalue weighted by Gasteiger charge is -2.27. The van der Waals surface area contributed by atoms with Crippen LogP contribution in [0.4, 0.5) is 0 Å². The highest BCUT2D eigenvalue weighted by atomic mass is 16.3. The van der Waals surface area contributed by atoms with E-state index in [9.17, 15) is 5.11 Å². The minimum atomic E-state index is -0.101. The summed E-state index contributed by atoms with van der Waals surface area (Å²) in [7, 11) is 0. The lowest BCUT2D eigenvalue weighted by molar-refractivity contribution is 0.443. The van der Waals surface area contributed by atoms with Gasteiger partial charge in [-0.3, -0.25) is 4.99 Å². The number of hydrogen-bond acceptors (Lipinski definition) is 2. The molecule has 0 bridgehead atoms. The first-order valence-electron chi connectivity index (χ1n) is 8.79. The first-order chi connectivity index (χ1) is 10.4. The fourth-order valence-electron chi connectivity index (χ4n) is 2.69. The van der Waals surface area contributed by atoms with Crippen molar-refractivity contribution in [2.75, 3.05) is 0 Å². The predicted molar refractivity (Wildman–Crippen MR) is 102 cm³/mol. The predicted octanol–water partition coefficient (Wildman–Crippen LogP) is 5.84. The fourth-order valence-corrected chi connectivity index (χ4v) is 2.69. The summed E-state index contributed by atoms with van der Waals surface area (Å²) in [5.74, 6) is 0.874. The van der Waals surface area contributed by atoms with Crippen molar-refractivity contribution in [3.05, 3.63) is 28.8 Å². The summed E-state index contributed by atoms with van der Waals surface area (Å²) in [4.78, 5) is 4.73. The summed E-state index contributed by atoms with van der Waals surface area (Å²) in [6.07, 6.45) is 2.88. The highest BCUT2D eigenvalue weighted by Gasteiger charge is 2.24. The molecule has 0 radical (unpaired) electrons. The summed E-state index contributed by atoms with van der Waals surface area (Å²) in [6, 6.07) is 4.53. The molecule has 0 aliphatic carbocycles. The Morgan fingerprint density at radius 2 is 1.61 bits per heavy atom. The standard InChI is InChI=1S/C21H35NO/c1-10-18(14(2)3)22-13-15-11-16(20(4,5)6)12-17(19(15)23)21(7,8)9/h11-14,18,23H,10H2,1-9H3. The molecule has 0 fully saturated rings. The van der Waals surface area contributed by atoms with E-state index in [0.717, 1.165) is 17.5 Å². The maximum atomic E-state index is 10.7. The summed E-state index contributed by atoms with van der Waals surface area (Å²) in [5, 5.41) is 10.7. The molecule has 23 heavy (non-hydrogen) atoms. The summed E-state index contributed by atoms with van der Waals surface area (Å²) < 4.78 is 0. The van der Waals surface area contributed by atoms with E-state index in [1.165, 1.54) is 5.56 Å². The van der Waals surface area contributed by atoms with Crippen LogP contribution in [0.25, 0.3) is 0 Å². The smallest absolute Gasteiger partial charge is 0.128 e. The van der Waals surface area contributed by atoms with Crippen LogP contribution in [0, 0.1) is 5.92 Å². The third kappa shape index (κ3) is 5.09. The number of aliphatic imine (C=N–C) groups is 1. The van der Waals surface area contributed by atoms with Crippen LogP contribution < -0.4 is 0 Å². The first-order valence-corrected chi connectivity index (χ1v) is 8.79. The van der Waals surface area contributed by atoms with E-state index in [0.29, 0.717) is 17.7 Å². The highest BCUT2D eigenvalue weighted by molar-refractivity contribution is 5.85. The van der Waals surface area contributed by atoms with Crippen LogP contribution in [0.3, 0.4) is 0 Å². The van der Waals surface area contributed by atoms with E-state index in [1.807, 2.05) is 6.21 Å². The molecule has 1 aromatic carbocycles. The van der Waals surface area contributed by atoms with Crippen LogP contribution >= 0.6 is 0 Å². The molecule has 130 valence electrons. The number of phenols is 1. The number of aromatic hydroxyl groups is 1. The number of phenolic OH excluding ortho intramolecular Hbond substituents is 1. The van der Waals surface area contributed by atoms with E-state index >= 15 is 0 Å². The molecule has 2 heteroatoms. The zero-order valence-corrected chi connectivity index (χ0v) is 16.5. The Kier molecular flexibility index (Phi) is 6.06. The number of benzene rings is 1. The van der Waals surface area contributed by atoms with Gasteiger partial charge in [0.25, 0.3) is 0 Å². The second kappa shape index (κ2) is 7.07. The fraction of sp³-hybridized carbons (Fsp3) is 0.667. The van der Waals surface area contributed by atoms with Gasteiger partial charge in [0.1, 0.15) is 5.75 Å². The van der Waals surface area contributed by atoms with Gasteiger partial charge in [0, 0.05) is 17.3 Å². The second-order valence-electron chi connectivity index (χ2n) is 8.96. The van der Waals surface area contributed by atoms with Gasteiger partial charge >= 0.3 is 0 Å². The van der Waals surface area contributed by atoms with Crippen molar-refractivity contribution in [3.8, 4) is 5.75 Å². The van der Waals surface area contributed by atoms with E-state index in [-0.39, 0.29) is 10.8 Å². The molecule has 0 spiro atoms. The molecule has 2 nitrogen and oxygen atoms in total. The van der Waals surface area contributed by atoms with Crippen LogP contribution in [-0.2, 0) is 10.8 Å². The largest absolute Gasteiger partial charge is 0.507 e. The quantitative estimate of drug-likeness (QED) is 0.695. The molecule has 0 heterocycles. The Morgan fingerprint density at radius 3 is 2.00 bits per heavy atom. The Balaban J connectivity index is 3.44. The molecule has 0 saturated carbocycles. The molecule has 1 atom stereocenters. The SMILES string of the molecule is CCC(N=Cc1cc(C(C)(C)C)cc(C(C)(C)C)c1O)C(C)C. The number of rotatable bonds is 4. The van der Waals surface area contributed by atoms with Crippen LogP contribution in [0.2, 0.25) is 0 Å². The molecule has 0 aromatic heterocycles. The van der Waals surface area contributed by atoms with E-state index < -0.39 is 0 Å². The Morgan fingerprint density at radius 1 is 1.04 bits per heavy atom. The van der Waals surface area contributed by atoms with E-state index in [1.54, 1.807) is 0 Å². The van der Waals surface area contributed by atoms with Crippen LogP contribution in [0.5, 0.6) is 5.75 Å². The van der Waals surface area contributed by atoms with Crippen molar-refractivity contribution in [1.29, 1.82) is 0 Å². The van der Waals surface area contributed by atoms with Crippen molar-refractivity contribution in [2.24, 2.45) is 10.9 Å². The van der Waals surface area contributed by atoms with Gasteiger partial charge in [0.05, 0.1) is 6.04 Å². The van der Waals surface area contributed by atoms with Crippen molar-refractivity contribution < 1.29 is 5.11 Å². The normalized spacial score (nSPS) is 14.7. The molecule has 0 saturated heterocycles. The zero-order chi connectivity index (χ0) is 18.0. The average Bonchev–Trinajstić information content (AvgIpc) is 2.37. The van der Waals surface area contributed by atoms with Crippen molar-refractivity contribution in [3.63, 3.8) is 0 Å². The second-order valence-corrected chi connectivity index (χ2v) is 8.96. The molecular weight excluding hydrogens is 282 g/mol. The molecule has 1 unspecified atom stereocenters. The van der Waals surface area contributed by atoms with Gasteiger partial charge in [-0.2, -0.15) is 0 Å². The maximum Gasteiger partial charge on any atom is 0.128 e. The monoisotopic (exact) mass is 317 g/mol. The molecule has 0 aliphatic heterocycles. The zero-order valence-electron chi connectivity index (χ0n) is 16.5. The van der Waals surface area contributed by atoms with Gasteiger partial charge in [0.2, 0.25) is 0 Å². The van der Waals surface area contributed by atoms with Crippen LogP contribution in [0.1, 0.15) is 85.4 Å². The van der Waals surface area contributed by atoms with E-state index in [2.05, 4.69) is 74.4 Å². The summed E-state index contributed by atoms with van der Waals surface area (Å²) >= 11 is 0. The lowest BCUT2D eigenvalue weighted by Crippen LogP contribution is -2.18. The van der Waals surface area contributed by atoms with Crippen molar-refractivity contribution >= 4 is 6.21 Å². The van der Waals surface area contributed by atoms with Gasteiger partial charge in [-0.15, -0.1) is 0 Å². The lowest BCUT2D eigenvalue weighted by atomic mass is 9.79. The molecular formula is C21H35NO. The van der Waals surface area contributed by atoms with Gasteiger partial charge < -0.3 is 5.11 Å². The van der Waals surface area contributed by atoms with Crippen molar-refractivity contribution in [2.45, 2.75) is 85.6 Å². The van der Waals surface area contributed by atoms with E-state index in [4.69, 9.17) is 4.99 Å². The Hall–Kier alpha value is -1.31. The third-order valence-electron chi connectivity index (χ3n) is 4.41. The topological polar surface area (TPSA) is 32.6 Å². The molecule has 1 rings (SSSR count). The van der Waals surface area contributed by atoms with Gasteiger partial charge in [-0.05, 0) is 34.8 Å². The average molecular weight is 318 g/mol. The molecule has 1 N–H and O–H groups in total. The number of nitrogens with zero attached hydrogens (tertiary/aromatic N) is 1. The Labute approximate surface area is 143 Å². The molecule has 0 amide bonds. The van der Waals surface area contributed by atoms with Gasteiger partial charge in [-0.1, -0.05) is 68.4 Å². The molecule has 1 aromatic rings. The first kappa shape index (κ1) is 19.7. The van der Waals surface area contributed by atoms with Crippen LogP contribution in [-0.4, -0.2) is 17.4 Å². The molecule has 0 aliphatic rings. The summed E-state index contributed by atoms with van der Waals surface area (Å²) in [6.45, 7) is 19.6. The van der Waals surface area contributed by atoms with Gasteiger partial charge in [0.15, 0.2) is 0 Å². The minimum absolute atomic E-state index is 0.0402. The van der Waals surface area contributed by atoms with Crippen LogP contribution in [0.15, 0.2) is 17.1 Å². The van der Waals surface area contributed by atoms with Crippen molar-refractivity contribution in [1.82, 2.24) is 0 Å². The number of hydrogen-bond donors (Lipinski definition) is 1. The van der Waals surface area contributed by atoms with Gasteiger partial charge in [-0.25, -0.2) is 0 Å². The summed E-state index contributed by atoms with van der Waals surface area (Å²) in [5.41, 5.74) is 3.00.